The summed E-state index contributed by atoms with van der Waals surface area (Å²) in [6, 6.07) is 0. The summed E-state index contributed by atoms with van der Waals surface area (Å²) >= 11 is 1.89. The average molecular weight is 191 g/mol. The Kier molecular flexibility index (Phi) is 3.83. The Bertz CT molecular complexity index is 145. The number of aliphatic hydroxyl groups excluding tert-OH is 1. The summed E-state index contributed by atoms with van der Waals surface area (Å²) in [5.74, 6) is 0.963. The summed E-state index contributed by atoms with van der Waals surface area (Å²) in [7, 11) is 0. The molecule has 3 nitrogen and oxygen atoms in total. The first-order valence-corrected chi connectivity index (χ1v) is 5.34. The van der Waals surface area contributed by atoms with Gasteiger partial charge >= 0.3 is 0 Å². The van der Waals surface area contributed by atoms with Crippen molar-refractivity contribution in [1.82, 2.24) is 0 Å². The van der Waals surface area contributed by atoms with Crippen LogP contribution in [0.15, 0.2) is 0 Å². The first kappa shape index (κ1) is 10.3. The third-order valence-electron chi connectivity index (χ3n) is 2.16. The summed E-state index contributed by atoms with van der Waals surface area (Å²) < 4.78 is 5.56. The second-order valence-corrected chi connectivity index (χ2v) is 4.71. The minimum atomic E-state index is -0.160. The molecule has 72 valence electrons. The Morgan fingerprint density at radius 3 is 2.92 bits per heavy atom. The second kappa shape index (κ2) is 4.46. The molecule has 1 fully saturated rings. The smallest absolute Gasteiger partial charge is 0.0905 e. The van der Waals surface area contributed by atoms with Gasteiger partial charge in [-0.1, -0.05) is 6.92 Å². The van der Waals surface area contributed by atoms with E-state index in [0.717, 1.165) is 12.2 Å². The van der Waals surface area contributed by atoms with Crippen LogP contribution in [0.3, 0.4) is 0 Å². The zero-order valence-electron chi connectivity index (χ0n) is 7.45. The molecule has 4 heteroatoms. The normalized spacial score (nSPS) is 35.8. The van der Waals surface area contributed by atoms with E-state index in [2.05, 4.69) is 6.92 Å². The first-order valence-electron chi connectivity index (χ1n) is 4.29. The van der Waals surface area contributed by atoms with E-state index in [1.807, 2.05) is 11.8 Å². The van der Waals surface area contributed by atoms with Crippen molar-refractivity contribution in [3.63, 3.8) is 0 Å². The zero-order chi connectivity index (χ0) is 9.03. The van der Waals surface area contributed by atoms with Crippen LogP contribution in [0.1, 0.15) is 13.3 Å². The van der Waals surface area contributed by atoms with Crippen molar-refractivity contribution >= 4 is 11.8 Å². The molecule has 2 unspecified atom stereocenters. The Morgan fingerprint density at radius 1 is 1.75 bits per heavy atom. The van der Waals surface area contributed by atoms with Crippen LogP contribution in [-0.4, -0.2) is 41.5 Å². The molecule has 0 bridgehead atoms. The van der Waals surface area contributed by atoms with Gasteiger partial charge in [-0.15, -0.1) is 0 Å². The molecule has 1 heterocycles. The molecule has 0 aliphatic carbocycles. The topological polar surface area (TPSA) is 55.5 Å². The number of thioether (sulfide) groups is 1. The maximum absolute atomic E-state index is 8.63. The van der Waals surface area contributed by atoms with Crippen LogP contribution >= 0.6 is 11.8 Å². The van der Waals surface area contributed by atoms with Gasteiger partial charge in [0.05, 0.1) is 18.8 Å². The molecule has 1 aliphatic rings. The van der Waals surface area contributed by atoms with Crippen molar-refractivity contribution in [3.8, 4) is 0 Å². The zero-order valence-corrected chi connectivity index (χ0v) is 8.27. The van der Waals surface area contributed by atoms with Crippen LogP contribution in [-0.2, 0) is 4.74 Å². The van der Waals surface area contributed by atoms with Gasteiger partial charge in [0.15, 0.2) is 0 Å². The van der Waals surface area contributed by atoms with E-state index >= 15 is 0 Å². The first-order chi connectivity index (χ1) is 5.72. The number of rotatable bonds is 4. The van der Waals surface area contributed by atoms with E-state index in [0.29, 0.717) is 18.4 Å². The van der Waals surface area contributed by atoms with Crippen LogP contribution in [0, 0.1) is 0 Å². The van der Waals surface area contributed by atoms with Crippen LogP contribution in [0.25, 0.3) is 0 Å². The molecule has 2 atom stereocenters. The van der Waals surface area contributed by atoms with Gasteiger partial charge in [-0.3, -0.25) is 0 Å². The van der Waals surface area contributed by atoms with Crippen molar-refractivity contribution in [1.29, 1.82) is 0 Å². The molecule has 0 aromatic carbocycles. The average Bonchev–Trinajstić information content (AvgIpc) is 2.45. The third kappa shape index (κ3) is 2.36. The van der Waals surface area contributed by atoms with Gasteiger partial charge in [0, 0.05) is 17.5 Å². The van der Waals surface area contributed by atoms with Gasteiger partial charge in [-0.25, -0.2) is 0 Å². The van der Waals surface area contributed by atoms with Crippen LogP contribution < -0.4 is 5.73 Å². The molecule has 3 N–H and O–H groups in total. The lowest BCUT2D eigenvalue weighted by molar-refractivity contribution is -0.0361. The molecule has 0 amide bonds. The standard InChI is InChI=1S/C8H17NO2S/c1-7-4-8(5-9,6-12-7)11-3-2-10/h7,10H,2-6,9H2,1H3. The van der Waals surface area contributed by atoms with Crippen molar-refractivity contribution in [3.05, 3.63) is 0 Å². The highest BCUT2D eigenvalue weighted by molar-refractivity contribution is 8.00. The van der Waals surface area contributed by atoms with Crippen LogP contribution in [0.5, 0.6) is 0 Å². The Labute approximate surface area is 77.7 Å². The summed E-state index contributed by atoms with van der Waals surface area (Å²) in [6.07, 6.45) is 1.01. The fourth-order valence-electron chi connectivity index (χ4n) is 1.50. The highest BCUT2D eigenvalue weighted by Gasteiger charge is 2.37. The minimum Gasteiger partial charge on any atom is -0.394 e. The minimum absolute atomic E-state index is 0.0841. The summed E-state index contributed by atoms with van der Waals surface area (Å²) in [5.41, 5.74) is 5.49. The fraction of sp³-hybridized carbons (Fsp3) is 1.00. The predicted octanol–water partition coefficient (Wildman–Crippen LogP) is 0.218. The van der Waals surface area contributed by atoms with Crippen molar-refractivity contribution in [2.45, 2.75) is 24.2 Å². The number of hydrogen-bond donors (Lipinski definition) is 2. The number of ether oxygens (including phenoxy) is 1. The molecule has 1 aliphatic heterocycles. The lowest BCUT2D eigenvalue weighted by atomic mass is 10.0. The number of hydrogen-bond acceptors (Lipinski definition) is 4. The Hall–Kier alpha value is 0.230. The molecule has 0 aromatic heterocycles. The molecule has 0 saturated carbocycles. The maximum atomic E-state index is 8.63. The van der Waals surface area contributed by atoms with Crippen LogP contribution in [0.4, 0.5) is 0 Å². The molecule has 0 radical (unpaired) electrons. The quantitative estimate of drug-likeness (QED) is 0.667. The Morgan fingerprint density at radius 2 is 2.50 bits per heavy atom. The van der Waals surface area contributed by atoms with Crippen molar-refractivity contribution in [2.75, 3.05) is 25.5 Å². The lowest BCUT2D eigenvalue weighted by Gasteiger charge is -2.26. The molecular formula is C8H17NO2S. The van der Waals surface area contributed by atoms with E-state index in [1.165, 1.54) is 0 Å². The third-order valence-corrected chi connectivity index (χ3v) is 3.59. The van der Waals surface area contributed by atoms with Gasteiger partial charge < -0.3 is 15.6 Å². The molecule has 12 heavy (non-hydrogen) atoms. The summed E-state index contributed by atoms with van der Waals surface area (Å²) in [4.78, 5) is 0. The molecule has 0 spiro atoms. The van der Waals surface area contributed by atoms with Gasteiger partial charge in [-0.05, 0) is 6.42 Å². The molecule has 0 aromatic rings. The monoisotopic (exact) mass is 191 g/mol. The molecular weight excluding hydrogens is 174 g/mol. The summed E-state index contributed by atoms with van der Waals surface area (Å²) in [6.45, 7) is 3.24. The fourth-order valence-corrected chi connectivity index (χ4v) is 2.83. The van der Waals surface area contributed by atoms with Gasteiger partial charge in [0.1, 0.15) is 0 Å². The highest BCUT2D eigenvalue weighted by Crippen LogP contribution is 2.36. The number of aliphatic hydroxyl groups is 1. The van der Waals surface area contributed by atoms with Gasteiger partial charge in [0.2, 0.25) is 0 Å². The maximum Gasteiger partial charge on any atom is 0.0905 e. The van der Waals surface area contributed by atoms with E-state index in [4.69, 9.17) is 15.6 Å². The van der Waals surface area contributed by atoms with E-state index < -0.39 is 0 Å². The largest absolute Gasteiger partial charge is 0.394 e. The number of nitrogens with two attached hydrogens (primary N) is 1. The highest BCUT2D eigenvalue weighted by atomic mass is 32.2. The predicted molar refractivity (Wildman–Crippen MR) is 51.4 cm³/mol. The molecule has 1 rings (SSSR count). The van der Waals surface area contributed by atoms with Crippen molar-refractivity contribution in [2.24, 2.45) is 5.73 Å². The van der Waals surface area contributed by atoms with Gasteiger partial charge in [-0.2, -0.15) is 11.8 Å². The van der Waals surface area contributed by atoms with E-state index in [1.54, 1.807) is 0 Å². The van der Waals surface area contributed by atoms with E-state index in [-0.39, 0.29) is 12.2 Å². The molecule has 1 saturated heterocycles. The van der Waals surface area contributed by atoms with Crippen molar-refractivity contribution < 1.29 is 9.84 Å². The summed E-state index contributed by atoms with van der Waals surface area (Å²) in [5, 5.41) is 9.26. The van der Waals surface area contributed by atoms with E-state index in [9.17, 15) is 0 Å². The Balaban J connectivity index is 2.41. The van der Waals surface area contributed by atoms with Gasteiger partial charge in [0.25, 0.3) is 0 Å². The lowest BCUT2D eigenvalue weighted by Crippen LogP contribution is -2.41. The SMILES string of the molecule is CC1CC(CN)(OCCO)CS1. The second-order valence-electron chi connectivity index (χ2n) is 3.28. The van der Waals surface area contributed by atoms with Crippen LogP contribution in [0.2, 0.25) is 0 Å².